The van der Waals surface area contributed by atoms with Crippen molar-refractivity contribution in [2.45, 2.75) is 25.8 Å². The highest BCUT2D eigenvalue weighted by molar-refractivity contribution is 6.03. The lowest BCUT2D eigenvalue weighted by Crippen LogP contribution is -2.35. The fourth-order valence-electron chi connectivity index (χ4n) is 2.48. The first kappa shape index (κ1) is 10.3. The van der Waals surface area contributed by atoms with Crippen LogP contribution in [0.4, 0.5) is 5.69 Å². The van der Waals surface area contributed by atoms with Gasteiger partial charge >= 0.3 is 0 Å². The molecule has 1 aromatic carbocycles. The molecule has 2 heterocycles. The summed E-state index contributed by atoms with van der Waals surface area (Å²) in [5.41, 5.74) is 1.89. The molecular formula is C13H14N2O2. The lowest BCUT2D eigenvalue weighted by atomic mass is 10.1. The number of amides is 1. The van der Waals surface area contributed by atoms with Crippen LogP contribution < -0.4 is 0 Å². The van der Waals surface area contributed by atoms with Gasteiger partial charge in [-0.05, 0) is 31.4 Å². The van der Waals surface area contributed by atoms with Crippen LogP contribution in [-0.2, 0) is 0 Å². The van der Waals surface area contributed by atoms with Crippen molar-refractivity contribution < 1.29 is 9.90 Å². The molecule has 1 fully saturated rings. The SMILES string of the molecule is Cc1cc2c(cc1O)N=C[C@@H]1CCCN1C2=O. The van der Waals surface area contributed by atoms with E-state index in [-0.39, 0.29) is 17.7 Å². The molecule has 0 aliphatic carbocycles. The van der Waals surface area contributed by atoms with Crippen molar-refractivity contribution in [3.05, 3.63) is 23.3 Å². The number of phenols is 1. The smallest absolute Gasteiger partial charge is 0.256 e. The Hall–Kier alpha value is -1.84. The Balaban J connectivity index is 2.15. The van der Waals surface area contributed by atoms with Crippen molar-refractivity contribution >= 4 is 17.8 Å². The second-order valence-corrected chi connectivity index (χ2v) is 4.64. The van der Waals surface area contributed by atoms with Crippen molar-refractivity contribution in [3.63, 3.8) is 0 Å². The second kappa shape index (κ2) is 3.58. The van der Waals surface area contributed by atoms with Gasteiger partial charge in [-0.25, -0.2) is 0 Å². The quantitative estimate of drug-likeness (QED) is 0.741. The number of rotatable bonds is 0. The standard InChI is InChI=1S/C13H14N2O2/c1-8-5-10-11(6-12(8)16)14-7-9-3-2-4-15(9)13(10)17/h5-7,9,16H,2-4H2,1H3/t9-/m0/s1. The molecule has 4 heteroatoms. The topological polar surface area (TPSA) is 52.9 Å². The monoisotopic (exact) mass is 230 g/mol. The van der Waals surface area contributed by atoms with Crippen LogP contribution in [0, 0.1) is 6.92 Å². The Labute approximate surface area is 99.6 Å². The molecule has 0 saturated carbocycles. The third-order valence-corrected chi connectivity index (χ3v) is 3.49. The zero-order valence-electron chi connectivity index (χ0n) is 9.68. The fraction of sp³-hybridized carbons (Fsp3) is 0.385. The van der Waals surface area contributed by atoms with Crippen molar-refractivity contribution in [2.24, 2.45) is 4.99 Å². The number of aromatic hydroxyl groups is 1. The van der Waals surface area contributed by atoms with E-state index in [0.717, 1.165) is 19.4 Å². The summed E-state index contributed by atoms with van der Waals surface area (Å²) in [6, 6.07) is 3.42. The molecule has 2 aliphatic heterocycles. The van der Waals surface area contributed by atoms with Crippen LogP contribution in [0.25, 0.3) is 0 Å². The molecule has 0 unspecified atom stereocenters. The molecule has 4 nitrogen and oxygen atoms in total. The number of nitrogens with zero attached hydrogens (tertiary/aromatic N) is 2. The summed E-state index contributed by atoms with van der Waals surface area (Å²) >= 11 is 0. The van der Waals surface area contributed by atoms with E-state index in [4.69, 9.17) is 0 Å². The Kier molecular flexibility index (Phi) is 2.18. The van der Waals surface area contributed by atoms with E-state index in [2.05, 4.69) is 4.99 Å². The van der Waals surface area contributed by atoms with Gasteiger partial charge in [0.25, 0.3) is 5.91 Å². The maximum absolute atomic E-state index is 12.3. The Morgan fingerprint density at radius 3 is 3.12 bits per heavy atom. The van der Waals surface area contributed by atoms with Crippen LogP contribution >= 0.6 is 0 Å². The van der Waals surface area contributed by atoms with E-state index in [9.17, 15) is 9.90 Å². The number of fused-ring (bicyclic) bond motifs is 2. The third kappa shape index (κ3) is 1.52. The van der Waals surface area contributed by atoms with Gasteiger partial charge in [0.05, 0.1) is 17.3 Å². The van der Waals surface area contributed by atoms with Gasteiger partial charge in [0.15, 0.2) is 0 Å². The summed E-state index contributed by atoms with van der Waals surface area (Å²) in [7, 11) is 0. The number of phenolic OH excluding ortho intramolecular Hbond substituents is 1. The van der Waals surface area contributed by atoms with Crippen molar-refractivity contribution in [2.75, 3.05) is 6.54 Å². The summed E-state index contributed by atoms with van der Waals surface area (Å²) < 4.78 is 0. The number of carbonyl (C=O) groups excluding carboxylic acids is 1. The van der Waals surface area contributed by atoms with Gasteiger partial charge in [0, 0.05) is 18.8 Å². The third-order valence-electron chi connectivity index (χ3n) is 3.49. The van der Waals surface area contributed by atoms with Crippen LogP contribution in [0.1, 0.15) is 28.8 Å². The van der Waals surface area contributed by atoms with Crippen LogP contribution in [0.5, 0.6) is 5.75 Å². The van der Waals surface area contributed by atoms with E-state index in [0.29, 0.717) is 16.8 Å². The lowest BCUT2D eigenvalue weighted by molar-refractivity contribution is 0.0775. The first-order valence-corrected chi connectivity index (χ1v) is 5.85. The van der Waals surface area contributed by atoms with Gasteiger partial charge in [0.1, 0.15) is 5.75 Å². The highest BCUT2D eigenvalue weighted by atomic mass is 16.3. The van der Waals surface area contributed by atoms with Crippen LogP contribution in [0.3, 0.4) is 0 Å². The molecule has 0 aromatic heterocycles. The molecular weight excluding hydrogens is 216 g/mol. The predicted molar refractivity (Wildman–Crippen MR) is 65.1 cm³/mol. The first-order chi connectivity index (χ1) is 8.16. The molecule has 0 radical (unpaired) electrons. The van der Waals surface area contributed by atoms with Gasteiger partial charge in [-0.1, -0.05) is 0 Å². The molecule has 2 aliphatic rings. The minimum absolute atomic E-state index is 0.0306. The molecule has 1 saturated heterocycles. The molecule has 1 atom stereocenters. The van der Waals surface area contributed by atoms with E-state index < -0.39 is 0 Å². The zero-order valence-corrected chi connectivity index (χ0v) is 9.68. The Morgan fingerprint density at radius 2 is 2.29 bits per heavy atom. The molecule has 1 amide bonds. The predicted octanol–water partition coefficient (Wildman–Crippen LogP) is 2.02. The summed E-state index contributed by atoms with van der Waals surface area (Å²) in [5, 5.41) is 9.66. The van der Waals surface area contributed by atoms with Crippen LogP contribution in [0.15, 0.2) is 17.1 Å². The van der Waals surface area contributed by atoms with Gasteiger partial charge in [-0.2, -0.15) is 0 Å². The second-order valence-electron chi connectivity index (χ2n) is 4.64. The minimum Gasteiger partial charge on any atom is -0.508 e. The summed E-state index contributed by atoms with van der Waals surface area (Å²) in [6.07, 6.45) is 3.84. The highest BCUT2D eigenvalue weighted by Crippen LogP contribution is 2.33. The molecule has 88 valence electrons. The van der Waals surface area contributed by atoms with Crippen LogP contribution in [0.2, 0.25) is 0 Å². The van der Waals surface area contributed by atoms with Crippen molar-refractivity contribution in [1.29, 1.82) is 0 Å². The van der Waals surface area contributed by atoms with E-state index >= 15 is 0 Å². The Morgan fingerprint density at radius 1 is 1.47 bits per heavy atom. The number of carbonyl (C=O) groups is 1. The average Bonchev–Trinajstić information content (AvgIpc) is 2.73. The average molecular weight is 230 g/mol. The maximum atomic E-state index is 12.3. The summed E-state index contributed by atoms with van der Waals surface area (Å²) in [5.74, 6) is 0.221. The zero-order chi connectivity index (χ0) is 12.0. The summed E-state index contributed by atoms with van der Waals surface area (Å²) in [4.78, 5) is 18.5. The molecule has 0 spiro atoms. The number of hydrogen-bond donors (Lipinski definition) is 1. The lowest BCUT2D eigenvalue weighted by Gasteiger charge is -2.20. The largest absolute Gasteiger partial charge is 0.508 e. The summed E-state index contributed by atoms with van der Waals surface area (Å²) in [6.45, 7) is 2.59. The number of benzene rings is 1. The molecule has 1 N–H and O–H groups in total. The van der Waals surface area contributed by atoms with Gasteiger partial charge in [-0.15, -0.1) is 0 Å². The molecule has 0 bridgehead atoms. The van der Waals surface area contributed by atoms with Gasteiger partial charge in [-0.3, -0.25) is 9.79 Å². The Bertz CT molecular complexity index is 522. The van der Waals surface area contributed by atoms with E-state index in [1.54, 1.807) is 19.1 Å². The highest BCUT2D eigenvalue weighted by Gasteiger charge is 2.31. The molecule has 17 heavy (non-hydrogen) atoms. The number of aliphatic imine (C=N–C) groups is 1. The maximum Gasteiger partial charge on any atom is 0.256 e. The van der Waals surface area contributed by atoms with Gasteiger partial charge < -0.3 is 10.0 Å². The molecule has 1 aromatic rings. The van der Waals surface area contributed by atoms with Crippen molar-refractivity contribution in [3.8, 4) is 5.75 Å². The van der Waals surface area contributed by atoms with Gasteiger partial charge in [0.2, 0.25) is 0 Å². The number of hydrogen-bond acceptors (Lipinski definition) is 3. The van der Waals surface area contributed by atoms with Crippen LogP contribution in [-0.4, -0.2) is 34.7 Å². The normalized spacial score (nSPS) is 22.3. The minimum atomic E-state index is 0.0306. The molecule has 3 rings (SSSR count). The number of aryl methyl sites for hydroxylation is 1. The van der Waals surface area contributed by atoms with E-state index in [1.165, 1.54) is 0 Å². The fourth-order valence-corrected chi connectivity index (χ4v) is 2.48. The first-order valence-electron chi connectivity index (χ1n) is 5.85. The van der Waals surface area contributed by atoms with Crippen molar-refractivity contribution in [1.82, 2.24) is 4.90 Å². The van der Waals surface area contributed by atoms with E-state index in [1.807, 2.05) is 11.1 Å².